The molecular weight excluding hydrogens is 250 g/mol. The lowest BCUT2D eigenvalue weighted by Gasteiger charge is -2.28. The quantitative estimate of drug-likeness (QED) is 0.862. The van der Waals surface area contributed by atoms with Crippen LogP contribution in [0.4, 0.5) is 17.2 Å². The Kier molecular flexibility index (Phi) is 3.37. The number of hydrogen-bond donors (Lipinski definition) is 1. The number of carbonyl (C=O) groups is 1. The van der Waals surface area contributed by atoms with Crippen LogP contribution in [0.3, 0.4) is 0 Å². The Bertz CT molecular complexity index is 625. The van der Waals surface area contributed by atoms with Crippen LogP contribution in [0.25, 0.3) is 0 Å². The van der Waals surface area contributed by atoms with E-state index in [1.54, 1.807) is 6.20 Å². The van der Waals surface area contributed by atoms with Crippen LogP contribution in [0.2, 0.25) is 0 Å². The van der Waals surface area contributed by atoms with E-state index in [-0.39, 0.29) is 5.91 Å². The number of benzene rings is 1. The van der Waals surface area contributed by atoms with Gasteiger partial charge in [-0.05, 0) is 37.1 Å². The molecule has 0 bridgehead atoms. The lowest BCUT2D eigenvalue weighted by atomic mass is 10.1. The molecule has 0 unspecified atom stereocenters. The number of amides is 1. The molecule has 20 heavy (non-hydrogen) atoms. The molecule has 1 aliphatic heterocycles. The summed E-state index contributed by atoms with van der Waals surface area (Å²) in [6, 6.07) is 12.1. The Morgan fingerprint density at radius 2 is 2.00 bits per heavy atom. The van der Waals surface area contributed by atoms with Crippen LogP contribution in [-0.2, 0) is 4.79 Å². The van der Waals surface area contributed by atoms with Crippen molar-refractivity contribution in [3.63, 3.8) is 0 Å². The predicted octanol–water partition coefficient (Wildman–Crippen LogP) is 3.26. The second-order valence-corrected chi connectivity index (χ2v) is 4.97. The average Bonchev–Trinajstić information content (AvgIpc) is 2.45. The molecule has 0 saturated carbocycles. The number of nitrogens with zero attached hydrogens (tertiary/aromatic N) is 2. The smallest absolute Gasteiger partial charge is 0.224 e. The number of carbonyl (C=O) groups excluding carboxylic acids is 1. The van der Waals surface area contributed by atoms with E-state index in [1.807, 2.05) is 31.2 Å². The molecular formula is C16H17N3O. The number of nitrogens with one attached hydrogen (secondary N) is 1. The number of hydrogen-bond acceptors (Lipinski definition) is 3. The van der Waals surface area contributed by atoms with Gasteiger partial charge in [0.15, 0.2) is 5.82 Å². The summed E-state index contributed by atoms with van der Waals surface area (Å²) in [7, 11) is 0. The van der Waals surface area contributed by atoms with Crippen LogP contribution in [0.1, 0.15) is 18.4 Å². The van der Waals surface area contributed by atoms with Crippen molar-refractivity contribution < 1.29 is 4.79 Å². The summed E-state index contributed by atoms with van der Waals surface area (Å²) in [4.78, 5) is 18.5. The minimum atomic E-state index is 0.0649. The number of aromatic nitrogens is 1. The predicted molar refractivity (Wildman–Crippen MR) is 80.3 cm³/mol. The van der Waals surface area contributed by atoms with Gasteiger partial charge in [0.2, 0.25) is 5.91 Å². The summed E-state index contributed by atoms with van der Waals surface area (Å²) >= 11 is 0. The molecule has 1 aromatic carbocycles. The molecule has 4 nitrogen and oxygen atoms in total. The SMILES string of the molecule is Cc1ccnc2c1NC(=O)CCCN2c1ccccc1. The van der Waals surface area contributed by atoms with Crippen molar-refractivity contribution in [2.45, 2.75) is 19.8 Å². The molecule has 2 aromatic rings. The van der Waals surface area contributed by atoms with Gasteiger partial charge in [0.25, 0.3) is 0 Å². The molecule has 102 valence electrons. The number of para-hydroxylation sites is 1. The van der Waals surface area contributed by atoms with Crippen molar-refractivity contribution in [1.82, 2.24) is 4.98 Å². The molecule has 2 heterocycles. The molecule has 1 aromatic heterocycles. The fraction of sp³-hybridized carbons (Fsp3) is 0.250. The molecule has 3 rings (SSSR count). The van der Waals surface area contributed by atoms with Crippen molar-refractivity contribution in [2.24, 2.45) is 0 Å². The third kappa shape index (κ3) is 2.37. The van der Waals surface area contributed by atoms with E-state index in [0.29, 0.717) is 6.42 Å². The molecule has 0 radical (unpaired) electrons. The molecule has 1 N–H and O–H groups in total. The third-order valence-corrected chi connectivity index (χ3v) is 3.51. The fourth-order valence-electron chi connectivity index (χ4n) is 2.47. The highest BCUT2D eigenvalue weighted by Gasteiger charge is 2.20. The van der Waals surface area contributed by atoms with E-state index in [2.05, 4.69) is 27.3 Å². The average molecular weight is 267 g/mol. The maximum atomic E-state index is 11.8. The van der Waals surface area contributed by atoms with Crippen LogP contribution < -0.4 is 10.2 Å². The van der Waals surface area contributed by atoms with Crippen molar-refractivity contribution in [1.29, 1.82) is 0 Å². The topological polar surface area (TPSA) is 45.2 Å². The van der Waals surface area contributed by atoms with Crippen molar-refractivity contribution in [3.05, 3.63) is 48.2 Å². The van der Waals surface area contributed by atoms with Crippen molar-refractivity contribution >= 4 is 23.1 Å². The second kappa shape index (κ2) is 5.33. The first-order chi connectivity index (χ1) is 9.75. The summed E-state index contributed by atoms with van der Waals surface area (Å²) in [5.41, 5.74) is 2.95. The van der Waals surface area contributed by atoms with Gasteiger partial charge in [0.1, 0.15) is 0 Å². The molecule has 0 atom stereocenters. The fourth-order valence-corrected chi connectivity index (χ4v) is 2.47. The molecule has 0 spiro atoms. The number of pyridine rings is 1. The third-order valence-electron chi connectivity index (χ3n) is 3.51. The van der Waals surface area contributed by atoms with E-state index < -0.39 is 0 Å². The van der Waals surface area contributed by atoms with Gasteiger partial charge in [-0.1, -0.05) is 18.2 Å². The standard InChI is InChI=1S/C16H17N3O/c1-12-9-10-17-16-15(12)18-14(20)8-5-11-19(16)13-6-3-2-4-7-13/h2-4,6-7,9-10H,5,8,11H2,1H3,(H,18,20). The van der Waals surface area contributed by atoms with E-state index in [1.165, 1.54) is 0 Å². The zero-order chi connectivity index (χ0) is 13.9. The van der Waals surface area contributed by atoms with Crippen LogP contribution in [0, 0.1) is 6.92 Å². The number of anilines is 3. The molecule has 4 heteroatoms. The highest BCUT2D eigenvalue weighted by molar-refractivity contribution is 5.96. The van der Waals surface area contributed by atoms with Crippen molar-refractivity contribution in [2.75, 3.05) is 16.8 Å². The summed E-state index contributed by atoms with van der Waals surface area (Å²) in [6.07, 6.45) is 3.14. The zero-order valence-corrected chi connectivity index (χ0v) is 11.5. The summed E-state index contributed by atoms with van der Waals surface area (Å²) in [5.74, 6) is 0.888. The Morgan fingerprint density at radius 1 is 1.20 bits per heavy atom. The molecule has 0 saturated heterocycles. The molecule has 0 fully saturated rings. The number of rotatable bonds is 1. The van der Waals surface area contributed by atoms with E-state index in [0.717, 1.165) is 35.7 Å². The number of aryl methyl sites for hydroxylation is 1. The van der Waals surface area contributed by atoms with Crippen molar-refractivity contribution in [3.8, 4) is 0 Å². The largest absolute Gasteiger partial charge is 0.325 e. The van der Waals surface area contributed by atoms with Gasteiger partial charge in [-0.3, -0.25) is 4.79 Å². The highest BCUT2D eigenvalue weighted by atomic mass is 16.1. The van der Waals surface area contributed by atoms with Gasteiger partial charge in [0.05, 0.1) is 5.69 Å². The van der Waals surface area contributed by atoms with Gasteiger partial charge in [-0.25, -0.2) is 4.98 Å². The maximum Gasteiger partial charge on any atom is 0.224 e. The summed E-state index contributed by atoms with van der Waals surface area (Å²) in [6.45, 7) is 2.78. The molecule has 1 amide bonds. The van der Waals surface area contributed by atoms with Crippen LogP contribution in [-0.4, -0.2) is 17.4 Å². The summed E-state index contributed by atoms with van der Waals surface area (Å²) in [5, 5.41) is 2.99. The highest BCUT2D eigenvalue weighted by Crippen LogP contribution is 2.33. The van der Waals surface area contributed by atoms with Gasteiger partial charge in [-0.15, -0.1) is 0 Å². The Labute approximate surface area is 118 Å². The van der Waals surface area contributed by atoms with E-state index in [9.17, 15) is 4.79 Å². The van der Waals surface area contributed by atoms with Crippen LogP contribution in [0.5, 0.6) is 0 Å². The minimum absolute atomic E-state index is 0.0649. The maximum absolute atomic E-state index is 11.8. The first-order valence-electron chi connectivity index (χ1n) is 6.84. The molecule has 1 aliphatic rings. The first-order valence-corrected chi connectivity index (χ1v) is 6.84. The lowest BCUT2D eigenvalue weighted by molar-refractivity contribution is -0.116. The number of fused-ring (bicyclic) bond motifs is 1. The monoisotopic (exact) mass is 267 g/mol. The Hall–Kier alpha value is -2.36. The van der Waals surface area contributed by atoms with Gasteiger partial charge < -0.3 is 10.2 Å². The second-order valence-electron chi connectivity index (χ2n) is 4.97. The van der Waals surface area contributed by atoms with Gasteiger partial charge in [-0.2, -0.15) is 0 Å². The lowest BCUT2D eigenvalue weighted by Crippen LogP contribution is -2.27. The minimum Gasteiger partial charge on any atom is -0.325 e. The first kappa shape index (κ1) is 12.7. The van der Waals surface area contributed by atoms with Gasteiger partial charge >= 0.3 is 0 Å². The normalized spacial score (nSPS) is 15.1. The van der Waals surface area contributed by atoms with Gasteiger partial charge in [0, 0.05) is 24.8 Å². The Morgan fingerprint density at radius 3 is 2.80 bits per heavy atom. The van der Waals surface area contributed by atoms with E-state index in [4.69, 9.17) is 0 Å². The van der Waals surface area contributed by atoms with E-state index >= 15 is 0 Å². The summed E-state index contributed by atoms with van der Waals surface area (Å²) < 4.78 is 0. The zero-order valence-electron chi connectivity index (χ0n) is 11.5. The molecule has 0 aliphatic carbocycles. The van der Waals surface area contributed by atoms with Crippen LogP contribution >= 0.6 is 0 Å². The van der Waals surface area contributed by atoms with Crippen LogP contribution in [0.15, 0.2) is 42.6 Å². The Balaban J connectivity index is 2.11.